The first-order valence-electron chi connectivity index (χ1n) is 9.57. The molecule has 3 rings (SSSR count). The van der Waals surface area contributed by atoms with E-state index in [-0.39, 0.29) is 30.2 Å². The molecular weight excluding hydrogens is 330 g/mol. The summed E-state index contributed by atoms with van der Waals surface area (Å²) < 4.78 is 5.15. The zero-order valence-corrected chi connectivity index (χ0v) is 15.4. The maximum Gasteiger partial charge on any atom is 0.227 e. The minimum Gasteiger partial charge on any atom is -0.497 e. The summed E-state index contributed by atoms with van der Waals surface area (Å²) in [4.78, 5) is 26.8. The van der Waals surface area contributed by atoms with Crippen LogP contribution in [0.3, 0.4) is 0 Å². The Hall–Kier alpha value is -2.08. The Morgan fingerprint density at radius 2 is 1.96 bits per heavy atom. The summed E-state index contributed by atoms with van der Waals surface area (Å²) >= 11 is 0. The van der Waals surface area contributed by atoms with Crippen LogP contribution in [0, 0.1) is 11.8 Å². The summed E-state index contributed by atoms with van der Waals surface area (Å²) in [6.07, 6.45) is 6.21. The van der Waals surface area contributed by atoms with Crippen LogP contribution in [0.4, 0.5) is 5.69 Å². The van der Waals surface area contributed by atoms with Gasteiger partial charge < -0.3 is 20.7 Å². The monoisotopic (exact) mass is 359 g/mol. The van der Waals surface area contributed by atoms with Gasteiger partial charge in [0, 0.05) is 31.2 Å². The number of amides is 2. The molecule has 0 radical (unpaired) electrons. The number of rotatable bonds is 6. The summed E-state index contributed by atoms with van der Waals surface area (Å²) in [5.74, 6) is 0.829. The van der Waals surface area contributed by atoms with Crippen LogP contribution < -0.4 is 20.7 Å². The van der Waals surface area contributed by atoms with Crippen molar-refractivity contribution in [3.8, 4) is 5.75 Å². The van der Waals surface area contributed by atoms with Gasteiger partial charge in [0.05, 0.1) is 13.0 Å². The lowest BCUT2D eigenvalue weighted by Crippen LogP contribution is -2.48. The molecule has 1 aliphatic heterocycles. The van der Waals surface area contributed by atoms with Gasteiger partial charge >= 0.3 is 0 Å². The topological polar surface area (TPSA) is 84.7 Å². The van der Waals surface area contributed by atoms with Gasteiger partial charge in [-0.25, -0.2) is 0 Å². The fourth-order valence-corrected chi connectivity index (χ4v) is 4.10. The Morgan fingerprint density at radius 1 is 1.27 bits per heavy atom. The molecule has 26 heavy (non-hydrogen) atoms. The van der Waals surface area contributed by atoms with Gasteiger partial charge in [-0.15, -0.1) is 0 Å². The molecule has 2 aliphatic rings. The van der Waals surface area contributed by atoms with E-state index in [9.17, 15) is 9.59 Å². The maximum atomic E-state index is 12.7. The second-order valence-corrected chi connectivity index (χ2v) is 7.35. The van der Waals surface area contributed by atoms with Gasteiger partial charge in [-0.1, -0.05) is 19.3 Å². The van der Waals surface area contributed by atoms with Gasteiger partial charge in [0.2, 0.25) is 11.8 Å². The van der Waals surface area contributed by atoms with E-state index in [2.05, 4.69) is 5.32 Å². The van der Waals surface area contributed by atoms with Gasteiger partial charge in [0.1, 0.15) is 5.75 Å². The zero-order chi connectivity index (χ0) is 18.5. The number of hydrogen-bond donors (Lipinski definition) is 2. The van der Waals surface area contributed by atoms with Crippen molar-refractivity contribution in [1.82, 2.24) is 5.32 Å². The van der Waals surface area contributed by atoms with E-state index in [1.165, 1.54) is 19.3 Å². The molecule has 142 valence electrons. The highest BCUT2D eigenvalue weighted by Crippen LogP contribution is 2.29. The highest BCUT2D eigenvalue weighted by Gasteiger charge is 2.36. The second kappa shape index (κ2) is 8.54. The van der Waals surface area contributed by atoms with Gasteiger partial charge in [-0.3, -0.25) is 9.59 Å². The molecule has 1 heterocycles. The first-order valence-corrected chi connectivity index (χ1v) is 9.57. The Morgan fingerprint density at radius 3 is 2.58 bits per heavy atom. The molecule has 6 heteroatoms. The molecule has 2 amide bonds. The van der Waals surface area contributed by atoms with E-state index in [1.807, 2.05) is 24.3 Å². The average molecular weight is 359 g/mol. The lowest BCUT2D eigenvalue weighted by atomic mass is 9.83. The summed E-state index contributed by atoms with van der Waals surface area (Å²) in [5.41, 5.74) is 6.72. The van der Waals surface area contributed by atoms with E-state index in [0.29, 0.717) is 19.0 Å². The van der Waals surface area contributed by atoms with Crippen molar-refractivity contribution >= 4 is 17.5 Å². The number of nitrogens with zero attached hydrogens (tertiary/aromatic N) is 1. The van der Waals surface area contributed by atoms with E-state index in [1.54, 1.807) is 12.0 Å². The van der Waals surface area contributed by atoms with Gasteiger partial charge in [0.15, 0.2) is 0 Å². The summed E-state index contributed by atoms with van der Waals surface area (Å²) in [6.45, 7) is 0.873. The Bertz CT molecular complexity index is 626. The quantitative estimate of drug-likeness (QED) is 0.814. The third kappa shape index (κ3) is 4.18. The molecule has 1 aromatic rings. The number of benzene rings is 1. The van der Waals surface area contributed by atoms with Crippen molar-refractivity contribution in [2.45, 2.75) is 44.6 Å². The Kier molecular flexibility index (Phi) is 6.14. The normalized spacial score (nSPS) is 22.3. The zero-order valence-electron chi connectivity index (χ0n) is 15.4. The number of anilines is 1. The number of carbonyl (C=O) groups is 2. The van der Waals surface area contributed by atoms with Crippen LogP contribution in [0.1, 0.15) is 38.5 Å². The standard InChI is InChI=1S/C20H29N3O3/c1-26-17-9-7-16(8-10-17)23-13-15(11-19(23)24)20(25)22-18(12-21)14-5-3-2-4-6-14/h7-10,14-15,18H,2-6,11-13,21H2,1H3,(H,22,25). The minimum atomic E-state index is -0.317. The number of ether oxygens (including phenoxy) is 1. The molecule has 0 bridgehead atoms. The van der Waals surface area contributed by atoms with Crippen LogP contribution in [0.15, 0.2) is 24.3 Å². The van der Waals surface area contributed by atoms with Crippen molar-refractivity contribution < 1.29 is 14.3 Å². The molecule has 2 unspecified atom stereocenters. The SMILES string of the molecule is COc1ccc(N2CC(C(=O)NC(CN)C3CCCCC3)CC2=O)cc1. The summed E-state index contributed by atoms with van der Waals surface area (Å²) in [6, 6.07) is 7.37. The minimum absolute atomic E-state index is 0.0164. The smallest absolute Gasteiger partial charge is 0.227 e. The Balaban J connectivity index is 1.60. The van der Waals surface area contributed by atoms with Crippen LogP contribution in [-0.4, -0.2) is 38.1 Å². The predicted molar refractivity (Wildman–Crippen MR) is 101 cm³/mol. The van der Waals surface area contributed by atoms with Crippen LogP contribution >= 0.6 is 0 Å². The fraction of sp³-hybridized carbons (Fsp3) is 0.600. The van der Waals surface area contributed by atoms with Crippen LogP contribution in [0.2, 0.25) is 0 Å². The Labute approximate surface area is 155 Å². The third-order valence-corrected chi connectivity index (χ3v) is 5.68. The van der Waals surface area contributed by atoms with Crippen molar-refractivity contribution in [2.24, 2.45) is 17.6 Å². The molecular formula is C20H29N3O3. The van der Waals surface area contributed by atoms with Crippen molar-refractivity contribution in [3.05, 3.63) is 24.3 Å². The molecule has 0 aromatic heterocycles. The molecule has 3 N–H and O–H groups in total. The van der Waals surface area contributed by atoms with Gasteiger partial charge in [0.25, 0.3) is 0 Å². The van der Waals surface area contributed by atoms with Gasteiger partial charge in [-0.2, -0.15) is 0 Å². The van der Waals surface area contributed by atoms with Crippen molar-refractivity contribution in [3.63, 3.8) is 0 Å². The van der Waals surface area contributed by atoms with Crippen LogP contribution in [0.25, 0.3) is 0 Å². The third-order valence-electron chi connectivity index (χ3n) is 5.68. The maximum absolute atomic E-state index is 12.7. The van der Waals surface area contributed by atoms with Crippen molar-refractivity contribution in [2.75, 3.05) is 25.1 Å². The molecule has 0 spiro atoms. The van der Waals surface area contributed by atoms with E-state index in [0.717, 1.165) is 24.3 Å². The van der Waals surface area contributed by atoms with Crippen molar-refractivity contribution in [1.29, 1.82) is 0 Å². The lowest BCUT2D eigenvalue weighted by Gasteiger charge is -2.30. The number of nitrogens with two attached hydrogens (primary N) is 1. The fourth-order valence-electron chi connectivity index (χ4n) is 4.10. The average Bonchev–Trinajstić information content (AvgIpc) is 3.08. The molecule has 1 saturated carbocycles. The lowest BCUT2D eigenvalue weighted by molar-refractivity contribution is -0.127. The predicted octanol–water partition coefficient (Wildman–Crippen LogP) is 2.07. The summed E-state index contributed by atoms with van der Waals surface area (Å²) in [7, 11) is 1.61. The van der Waals surface area contributed by atoms with E-state index >= 15 is 0 Å². The van der Waals surface area contributed by atoms with E-state index < -0.39 is 0 Å². The largest absolute Gasteiger partial charge is 0.497 e. The number of carbonyl (C=O) groups excluding carboxylic acids is 2. The van der Waals surface area contributed by atoms with Gasteiger partial charge in [-0.05, 0) is 43.0 Å². The number of nitrogens with one attached hydrogen (secondary N) is 1. The highest BCUT2D eigenvalue weighted by molar-refractivity contribution is 6.00. The molecule has 1 aromatic carbocycles. The van der Waals surface area contributed by atoms with Crippen LogP contribution in [0.5, 0.6) is 5.75 Å². The molecule has 1 saturated heterocycles. The first kappa shape index (κ1) is 18.7. The van der Waals surface area contributed by atoms with E-state index in [4.69, 9.17) is 10.5 Å². The second-order valence-electron chi connectivity index (χ2n) is 7.35. The highest BCUT2D eigenvalue weighted by atomic mass is 16.5. The van der Waals surface area contributed by atoms with Crippen LogP contribution in [-0.2, 0) is 9.59 Å². The summed E-state index contributed by atoms with van der Waals surface area (Å²) in [5, 5.41) is 3.13. The molecule has 2 atom stereocenters. The molecule has 6 nitrogen and oxygen atoms in total. The number of hydrogen-bond acceptors (Lipinski definition) is 4. The number of methoxy groups -OCH3 is 1. The molecule has 1 aliphatic carbocycles. The molecule has 2 fully saturated rings. The first-order chi connectivity index (χ1) is 12.6.